The van der Waals surface area contributed by atoms with E-state index in [-0.39, 0.29) is 0 Å². The summed E-state index contributed by atoms with van der Waals surface area (Å²) in [6, 6.07) is 7.57. The second kappa shape index (κ2) is 8.85. The molecule has 1 saturated carbocycles. The predicted octanol–water partition coefficient (Wildman–Crippen LogP) is 4.89. The van der Waals surface area contributed by atoms with Gasteiger partial charge in [-0.3, -0.25) is 0 Å². The Morgan fingerprint density at radius 1 is 1.19 bits per heavy atom. The first-order valence-electron chi connectivity index (χ1n) is 8.60. The summed E-state index contributed by atoms with van der Waals surface area (Å²) in [6.45, 7) is 7.81. The maximum atomic E-state index is 3.76. The van der Waals surface area contributed by atoms with E-state index < -0.39 is 0 Å². The monoisotopic (exact) mass is 305 g/mol. The molecule has 0 bridgehead atoms. The molecule has 118 valence electrons. The maximum absolute atomic E-state index is 3.76. The van der Waals surface area contributed by atoms with Crippen LogP contribution >= 0.6 is 11.8 Å². The van der Waals surface area contributed by atoms with Crippen LogP contribution in [0.5, 0.6) is 0 Å². The molecule has 1 unspecified atom stereocenters. The van der Waals surface area contributed by atoms with E-state index in [4.69, 9.17) is 0 Å². The van der Waals surface area contributed by atoms with E-state index in [9.17, 15) is 0 Å². The highest BCUT2D eigenvalue weighted by Crippen LogP contribution is 2.30. The Hall–Kier alpha value is -0.470. The Balaban J connectivity index is 1.89. The van der Waals surface area contributed by atoms with Gasteiger partial charge in [0.15, 0.2) is 0 Å². The highest BCUT2D eigenvalue weighted by molar-refractivity contribution is 7.99. The third kappa shape index (κ3) is 5.67. The van der Waals surface area contributed by atoms with Crippen molar-refractivity contribution in [1.29, 1.82) is 0 Å². The molecule has 2 heteroatoms. The fraction of sp³-hybridized carbons (Fsp3) is 0.684. The maximum Gasteiger partial charge on any atom is 0.0198 e. The second-order valence-corrected chi connectivity index (χ2v) is 7.85. The first kappa shape index (κ1) is 16.9. The van der Waals surface area contributed by atoms with Crippen LogP contribution in [0, 0.1) is 13.8 Å². The minimum Gasteiger partial charge on any atom is -0.313 e. The molecule has 0 radical (unpaired) electrons. The molecule has 2 rings (SSSR count). The van der Waals surface area contributed by atoms with E-state index in [0.29, 0.717) is 6.04 Å². The fourth-order valence-electron chi connectivity index (χ4n) is 3.06. The zero-order chi connectivity index (χ0) is 15.1. The number of aryl methyl sites for hydroxylation is 2. The SMILES string of the molecule is CCCNC(CSC1CCCC1)Cc1ccc(C)c(C)c1. The zero-order valence-electron chi connectivity index (χ0n) is 14.0. The number of hydrogen-bond donors (Lipinski definition) is 1. The smallest absolute Gasteiger partial charge is 0.0198 e. The van der Waals surface area contributed by atoms with Crippen LogP contribution in [-0.2, 0) is 6.42 Å². The molecule has 1 N–H and O–H groups in total. The van der Waals surface area contributed by atoms with Crippen LogP contribution in [-0.4, -0.2) is 23.6 Å². The molecule has 1 aliphatic carbocycles. The largest absolute Gasteiger partial charge is 0.313 e. The van der Waals surface area contributed by atoms with Gasteiger partial charge in [-0.25, -0.2) is 0 Å². The topological polar surface area (TPSA) is 12.0 Å². The average molecular weight is 306 g/mol. The van der Waals surface area contributed by atoms with Crippen molar-refractivity contribution in [3.8, 4) is 0 Å². The lowest BCUT2D eigenvalue weighted by Crippen LogP contribution is -2.34. The summed E-state index contributed by atoms with van der Waals surface area (Å²) in [4.78, 5) is 0. The van der Waals surface area contributed by atoms with E-state index in [1.165, 1.54) is 61.0 Å². The summed E-state index contributed by atoms with van der Waals surface area (Å²) < 4.78 is 0. The molecule has 0 saturated heterocycles. The van der Waals surface area contributed by atoms with Gasteiger partial charge in [-0.15, -0.1) is 0 Å². The van der Waals surface area contributed by atoms with E-state index in [1.54, 1.807) is 0 Å². The van der Waals surface area contributed by atoms with E-state index in [2.05, 4.69) is 56.0 Å². The Bertz CT molecular complexity index is 424. The lowest BCUT2D eigenvalue weighted by atomic mass is 10.0. The molecule has 1 atom stereocenters. The van der Waals surface area contributed by atoms with Crippen LogP contribution in [0.1, 0.15) is 55.7 Å². The molecule has 0 amide bonds. The minimum absolute atomic E-state index is 0.623. The molecular formula is C19H31NS. The number of nitrogens with one attached hydrogen (secondary N) is 1. The van der Waals surface area contributed by atoms with Gasteiger partial charge in [0, 0.05) is 17.0 Å². The molecule has 1 aromatic rings. The van der Waals surface area contributed by atoms with Gasteiger partial charge in [0.2, 0.25) is 0 Å². The Kier molecular flexibility index (Phi) is 7.12. The summed E-state index contributed by atoms with van der Waals surface area (Å²) in [5.41, 5.74) is 4.31. The minimum atomic E-state index is 0.623. The highest BCUT2D eigenvalue weighted by atomic mass is 32.2. The Morgan fingerprint density at radius 3 is 2.62 bits per heavy atom. The summed E-state index contributed by atoms with van der Waals surface area (Å²) in [7, 11) is 0. The van der Waals surface area contributed by atoms with E-state index in [1.807, 2.05) is 0 Å². The molecule has 0 aromatic heterocycles. The van der Waals surface area contributed by atoms with Crippen molar-refractivity contribution in [3.63, 3.8) is 0 Å². The number of benzene rings is 1. The van der Waals surface area contributed by atoms with Gasteiger partial charge >= 0.3 is 0 Å². The molecule has 1 aliphatic rings. The second-order valence-electron chi connectivity index (χ2n) is 6.51. The third-order valence-corrected chi connectivity index (χ3v) is 6.11. The van der Waals surface area contributed by atoms with E-state index in [0.717, 1.165) is 11.8 Å². The van der Waals surface area contributed by atoms with Crippen LogP contribution in [0.2, 0.25) is 0 Å². The standard InChI is InChI=1S/C19H31NS/c1-4-11-20-18(14-21-19-7-5-6-8-19)13-17-10-9-15(2)16(3)12-17/h9-10,12,18-20H,4-8,11,13-14H2,1-3H3. The van der Waals surface area contributed by atoms with Gasteiger partial charge in [-0.1, -0.05) is 38.0 Å². The summed E-state index contributed by atoms with van der Waals surface area (Å²) in [5, 5.41) is 4.68. The van der Waals surface area contributed by atoms with Gasteiger partial charge in [-0.05, 0) is 62.8 Å². The number of thioether (sulfide) groups is 1. The lowest BCUT2D eigenvalue weighted by Gasteiger charge is -2.20. The van der Waals surface area contributed by atoms with E-state index >= 15 is 0 Å². The van der Waals surface area contributed by atoms with Crippen LogP contribution in [0.25, 0.3) is 0 Å². The lowest BCUT2D eigenvalue weighted by molar-refractivity contribution is 0.549. The van der Waals surface area contributed by atoms with Crippen molar-refractivity contribution in [2.24, 2.45) is 0 Å². The quantitative estimate of drug-likeness (QED) is 0.734. The van der Waals surface area contributed by atoms with Crippen LogP contribution in [0.3, 0.4) is 0 Å². The molecule has 21 heavy (non-hydrogen) atoms. The van der Waals surface area contributed by atoms with Gasteiger partial charge in [0.1, 0.15) is 0 Å². The summed E-state index contributed by atoms with van der Waals surface area (Å²) >= 11 is 2.21. The van der Waals surface area contributed by atoms with Crippen molar-refractivity contribution in [1.82, 2.24) is 5.32 Å². The van der Waals surface area contributed by atoms with Crippen molar-refractivity contribution in [3.05, 3.63) is 34.9 Å². The van der Waals surface area contributed by atoms with Crippen molar-refractivity contribution < 1.29 is 0 Å². The first-order chi connectivity index (χ1) is 10.2. The first-order valence-corrected chi connectivity index (χ1v) is 9.65. The Labute approximate surface area is 135 Å². The molecule has 0 heterocycles. The summed E-state index contributed by atoms with van der Waals surface area (Å²) in [6.07, 6.45) is 8.16. The molecular weight excluding hydrogens is 274 g/mol. The van der Waals surface area contributed by atoms with Gasteiger partial charge in [0.05, 0.1) is 0 Å². The molecule has 1 aromatic carbocycles. The Morgan fingerprint density at radius 2 is 1.95 bits per heavy atom. The highest BCUT2D eigenvalue weighted by Gasteiger charge is 2.18. The van der Waals surface area contributed by atoms with Gasteiger partial charge in [-0.2, -0.15) is 11.8 Å². The predicted molar refractivity (Wildman–Crippen MR) is 96.4 cm³/mol. The summed E-state index contributed by atoms with van der Waals surface area (Å²) in [5.74, 6) is 1.26. The average Bonchev–Trinajstić information content (AvgIpc) is 2.99. The van der Waals surface area contributed by atoms with Crippen LogP contribution in [0.15, 0.2) is 18.2 Å². The van der Waals surface area contributed by atoms with Crippen LogP contribution in [0.4, 0.5) is 0 Å². The molecule has 1 nitrogen and oxygen atoms in total. The fourth-order valence-corrected chi connectivity index (χ4v) is 4.47. The van der Waals surface area contributed by atoms with Crippen molar-refractivity contribution >= 4 is 11.8 Å². The third-order valence-electron chi connectivity index (χ3n) is 4.57. The van der Waals surface area contributed by atoms with Crippen molar-refractivity contribution in [2.75, 3.05) is 12.3 Å². The van der Waals surface area contributed by atoms with Gasteiger partial charge < -0.3 is 5.32 Å². The number of hydrogen-bond acceptors (Lipinski definition) is 2. The van der Waals surface area contributed by atoms with Crippen LogP contribution < -0.4 is 5.32 Å². The normalized spacial score (nSPS) is 17.3. The molecule has 0 spiro atoms. The number of rotatable bonds is 8. The zero-order valence-corrected chi connectivity index (χ0v) is 14.8. The van der Waals surface area contributed by atoms with Crippen molar-refractivity contribution in [2.45, 2.75) is 70.6 Å². The molecule has 0 aliphatic heterocycles. The van der Waals surface area contributed by atoms with Gasteiger partial charge in [0.25, 0.3) is 0 Å². The molecule has 1 fully saturated rings.